The van der Waals surface area contributed by atoms with E-state index < -0.39 is 0 Å². The van der Waals surface area contributed by atoms with E-state index in [1.165, 1.54) is 0 Å². The first-order valence-corrected chi connectivity index (χ1v) is 3.49. The maximum absolute atomic E-state index is 4.12. The van der Waals surface area contributed by atoms with E-state index in [9.17, 15) is 0 Å². The Labute approximate surface area is 58.2 Å². The van der Waals surface area contributed by atoms with Gasteiger partial charge in [-0.05, 0) is 11.8 Å². The average molecular weight is 126 g/mol. The first kappa shape index (κ1) is 8.67. The average Bonchev–Trinajstić information content (AvgIpc) is 1.63. The standard InChI is InChI=1S/C8H16N/c1-7(2)5-9-6-8(3)4/h5-8H,1-4H3. The quantitative estimate of drug-likeness (QED) is 0.515. The van der Waals surface area contributed by atoms with Crippen LogP contribution in [0.4, 0.5) is 0 Å². The zero-order valence-corrected chi connectivity index (χ0v) is 6.76. The molecule has 0 heterocycles. The molecule has 0 aliphatic carbocycles. The van der Waals surface area contributed by atoms with Gasteiger partial charge in [-0.3, -0.25) is 4.99 Å². The minimum atomic E-state index is 0.569. The molecule has 0 aromatic heterocycles. The molecule has 0 saturated heterocycles. The van der Waals surface area contributed by atoms with E-state index in [4.69, 9.17) is 0 Å². The van der Waals surface area contributed by atoms with Crippen LogP contribution in [0.15, 0.2) is 4.99 Å². The van der Waals surface area contributed by atoms with Crippen LogP contribution in [-0.4, -0.2) is 6.21 Å². The number of hydrogen-bond acceptors (Lipinski definition) is 1. The van der Waals surface area contributed by atoms with E-state index in [2.05, 4.69) is 32.7 Å². The Hall–Kier alpha value is -0.330. The van der Waals surface area contributed by atoms with Gasteiger partial charge in [0.15, 0.2) is 0 Å². The summed E-state index contributed by atoms with van der Waals surface area (Å²) in [5.74, 6) is 1.14. The minimum Gasteiger partial charge on any atom is -0.291 e. The van der Waals surface area contributed by atoms with Crippen molar-refractivity contribution < 1.29 is 0 Å². The summed E-state index contributed by atoms with van der Waals surface area (Å²) in [7, 11) is 0. The van der Waals surface area contributed by atoms with E-state index in [0.29, 0.717) is 11.8 Å². The summed E-state index contributed by atoms with van der Waals surface area (Å²) in [5, 5.41) is 0. The highest BCUT2D eigenvalue weighted by Crippen LogP contribution is 1.98. The second-order valence-electron chi connectivity index (χ2n) is 2.94. The molecule has 9 heavy (non-hydrogen) atoms. The summed E-state index contributed by atoms with van der Waals surface area (Å²) in [6.45, 7) is 10.4. The Morgan fingerprint density at radius 2 is 1.56 bits per heavy atom. The molecule has 0 N–H and O–H groups in total. The summed E-state index contributed by atoms with van der Waals surface area (Å²) in [6, 6.07) is 0. The molecule has 1 heteroatoms. The van der Waals surface area contributed by atoms with Crippen molar-refractivity contribution in [3.8, 4) is 0 Å². The van der Waals surface area contributed by atoms with Gasteiger partial charge < -0.3 is 0 Å². The molecule has 0 amide bonds. The Morgan fingerprint density at radius 1 is 1.00 bits per heavy atom. The van der Waals surface area contributed by atoms with Gasteiger partial charge in [-0.1, -0.05) is 27.7 Å². The van der Waals surface area contributed by atoms with Crippen molar-refractivity contribution in [2.45, 2.75) is 27.7 Å². The van der Waals surface area contributed by atoms with Crippen LogP contribution in [0.25, 0.3) is 0 Å². The number of rotatable bonds is 3. The Morgan fingerprint density at radius 3 is 1.89 bits per heavy atom. The van der Waals surface area contributed by atoms with Crippen LogP contribution in [0.3, 0.4) is 0 Å². The Kier molecular flexibility index (Phi) is 4.37. The van der Waals surface area contributed by atoms with Gasteiger partial charge in [0.05, 0.1) is 6.54 Å². The Balaban J connectivity index is 3.25. The molecule has 0 aliphatic rings. The molecular weight excluding hydrogens is 110 g/mol. The minimum absolute atomic E-state index is 0.569. The van der Waals surface area contributed by atoms with Crippen molar-refractivity contribution in [2.75, 3.05) is 0 Å². The van der Waals surface area contributed by atoms with Crippen molar-refractivity contribution in [2.24, 2.45) is 16.8 Å². The molecule has 0 fully saturated rings. The fourth-order valence-electron chi connectivity index (χ4n) is 0.394. The zero-order chi connectivity index (χ0) is 7.28. The molecule has 0 aliphatic heterocycles. The van der Waals surface area contributed by atoms with E-state index >= 15 is 0 Å². The third-order valence-corrected chi connectivity index (χ3v) is 0.768. The smallest absolute Gasteiger partial charge is 0.0744 e. The van der Waals surface area contributed by atoms with Crippen LogP contribution in [0, 0.1) is 18.4 Å². The van der Waals surface area contributed by atoms with Crippen LogP contribution < -0.4 is 0 Å². The van der Waals surface area contributed by atoms with Gasteiger partial charge in [-0.15, -0.1) is 0 Å². The highest BCUT2D eigenvalue weighted by atomic mass is 14.7. The highest BCUT2D eigenvalue weighted by molar-refractivity contribution is 5.59. The molecule has 1 radical (unpaired) electrons. The van der Waals surface area contributed by atoms with E-state index in [0.717, 1.165) is 0 Å². The summed E-state index contributed by atoms with van der Waals surface area (Å²) in [4.78, 5) is 4.12. The fraction of sp³-hybridized carbons (Fsp3) is 0.750. The monoisotopic (exact) mass is 126 g/mol. The molecule has 0 unspecified atom stereocenters. The zero-order valence-electron chi connectivity index (χ0n) is 6.76. The van der Waals surface area contributed by atoms with Gasteiger partial charge in [0.1, 0.15) is 0 Å². The topological polar surface area (TPSA) is 12.4 Å². The summed E-state index contributed by atoms with van der Waals surface area (Å²) in [5.41, 5.74) is 0. The number of hydrogen-bond donors (Lipinski definition) is 0. The lowest BCUT2D eigenvalue weighted by Gasteiger charge is -1.96. The predicted molar refractivity (Wildman–Crippen MR) is 42.5 cm³/mol. The normalized spacial score (nSPS) is 12.2. The molecule has 1 nitrogen and oxygen atoms in total. The third kappa shape index (κ3) is 7.67. The summed E-state index contributed by atoms with van der Waals surface area (Å²) >= 11 is 0. The Bertz CT molecular complexity index is 82.6. The maximum Gasteiger partial charge on any atom is 0.0744 e. The van der Waals surface area contributed by atoms with Gasteiger partial charge in [-0.2, -0.15) is 0 Å². The molecule has 0 aromatic carbocycles. The summed E-state index contributed by atoms with van der Waals surface area (Å²) < 4.78 is 0. The number of nitrogens with zero attached hydrogens (tertiary/aromatic N) is 1. The van der Waals surface area contributed by atoms with E-state index in [1.54, 1.807) is 0 Å². The molecule has 0 atom stereocenters. The van der Waals surface area contributed by atoms with Gasteiger partial charge in [0.25, 0.3) is 0 Å². The van der Waals surface area contributed by atoms with Crippen molar-refractivity contribution in [1.29, 1.82) is 0 Å². The lowest BCUT2D eigenvalue weighted by atomic mass is 10.2. The second-order valence-corrected chi connectivity index (χ2v) is 2.94. The molecule has 0 rings (SSSR count). The lowest BCUT2D eigenvalue weighted by molar-refractivity contribution is 0.747. The van der Waals surface area contributed by atoms with Crippen molar-refractivity contribution in [3.05, 3.63) is 6.54 Å². The molecule has 53 valence electrons. The van der Waals surface area contributed by atoms with Gasteiger partial charge in [0.2, 0.25) is 0 Å². The van der Waals surface area contributed by atoms with Crippen molar-refractivity contribution >= 4 is 6.21 Å². The van der Waals surface area contributed by atoms with Crippen molar-refractivity contribution in [3.63, 3.8) is 0 Å². The van der Waals surface area contributed by atoms with Gasteiger partial charge in [0, 0.05) is 6.21 Å². The molecular formula is C8H16N. The lowest BCUT2D eigenvalue weighted by Crippen LogP contribution is -1.89. The highest BCUT2D eigenvalue weighted by Gasteiger charge is 1.89. The molecule has 0 saturated carbocycles. The van der Waals surface area contributed by atoms with E-state index in [-0.39, 0.29) is 0 Å². The van der Waals surface area contributed by atoms with E-state index in [1.807, 2.05) is 12.8 Å². The van der Waals surface area contributed by atoms with Crippen LogP contribution in [0.5, 0.6) is 0 Å². The molecule has 0 spiro atoms. The van der Waals surface area contributed by atoms with Crippen molar-refractivity contribution in [1.82, 2.24) is 0 Å². The van der Waals surface area contributed by atoms with Gasteiger partial charge in [-0.25, -0.2) is 0 Å². The molecule has 0 aromatic rings. The summed E-state index contributed by atoms with van der Waals surface area (Å²) in [6.07, 6.45) is 1.96. The fourth-order valence-corrected chi connectivity index (χ4v) is 0.394. The third-order valence-electron chi connectivity index (χ3n) is 0.768. The maximum atomic E-state index is 4.12. The predicted octanol–water partition coefficient (Wildman–Crippen LogP) is 2.53. The van der Waals surface area contributed by atoms with Crippen LogP contribution in [0.1, 0.15) is 27.7 Å². The first-order chi connectivity index (χ1) is 4.13. The van der Waals surface area contributed by atoms with Crippen LogP contribution in [0.2, 0.25) is 0 Å². The van der Waals surface area contributed by atoms with Crippen LogP contribution in [-0.2, 0) is 0 Å². The largest absolute Gasteiger partial charge is 0.291 e. The second kappa shape index (κ2) is 4.54. The molecule has 0 bridgehead atoms. The van der Waals surface area contributed by atoms with Gasteiger partial charge >= 0.3 is 0 Å². The number of aliphatic imine (C=N–C) groups is 1. The first-order valence-electron chi connectivity index (χ1n) is 3.49. The SMILES string of the molecule is CC(C)[CH]N=CC(C)C. The van der Waals surface area contributed by atoms with Crippen LogP contribution >= 0.6 is 0 Å².